The Morgan fingerprint density at radius 1 is 1.24 bits per heavy atom. The Morgan fingerprint density at radius 3 is 2.62 bits per heavy atom. The molecule has 0 aliphatic rings. The van der Waals surface area contributed by atoms with Gasteiger partial charge in [0.2, 0.25) is 0 Å². The Balaban J connectivity index is 2.05. The van der Waals surface area contributed by atoms with Crippen LogP contribution >= 0.6 is 11.6 Å². The van der Waals surface area contributed by atoms with E-state index in [9.17, 15) is 4.79 Å². The van der Waals surface area contributed by atoms with Crippen molar-refractivity contribution >= 4 is 17.4 Å². The monoisotopic (exact) mass is 303 g/mol. The minimum atomic E-state index is -0.531. The van der Waals surface area contributed by atoms with Crippen molar-refractivity contribution in [3.63, 3.8) is 0 Å². The summed E-state index contributed by atoms with van der Waals surface area (Å²) in [7, 11) is 1.57. The quantitative estimate of drug-likeness (QED) is 0.892. The molecule has 2 aromatic rings. The highest BCUT2D eigenvalue weighted by Crippen LogP contribution is 2.23. The summed E-state index contributed by atoms with van der Waals surface area (Å²) >= 11 is 5.97. The Kier molecular flexibility index (Phi) is 5.37. The number of halogens is 1. The lowest BCUT2D eigenvalue weighted by atomic mass is 9.98. The molecule has 0 aliphatic carbocycles. The van der Waals surface area contributed by atoms with E-state index >= 15 is 0 Å². The smallest absolute Gasteiger partial charge is 0.154 e. The van der Waals surface area contributed by atoms with Crippen molar-refractivity contribution in [2.24, 2.45) is 5.73 Å². The van der Waals surface area contributed by atoms with Gasteiger partial charge in [0.15, 0.2) is 5.78 Å². The summed E-state index contributed by atoms with van der Waals surface area (Å²) in [6.07, 6.45) is 0.750. The first-order valence-corrected chi connectivity index (χ1v) is 7.12. The molecule has 0 bridgehead atoms. The zero-order valence-electron chi connectivity index (χ0n) is 11.9. The summed E-state index contributed by atoms with van der Waals surface area (Å²) in [6.45, 7) is 0. The maximum atomic E-state index is 12.3. The molecule has 0 spiro atoms. The minimum absolute atomic E-state index is 0.0283. The maximum Gasteiger partial charge on any atom is 0.154 e. The first-order chi connectivity index (χ1) is 10.1. The largest absolute Gasteiger partial charge is 0.496 e. The molecule has 0 saturated heterocycles. The van der Waals surface area contributed by atoms with Crippen LogP contribution in [0.1, 0.15) is 11.1 Å². The molecule has 3 nitrogen and oxygen atoms in total. The van der Waals surface area contributed by atoms with E-state index in [0.29, 0.717) is 17.2 Å². The van der Waals surface area contributed by atoms with Gasteiger partial charge in [0.25, 0.3) is 0 Å². The lowest BCUT2D eigenvalue weighted by molar-refractivity contribution is -0.119. The highest BCUT2D eigenvalue weighted by Gasteiger charge is 2.17. The van der Waals surface area contributed by atoms with Crippen molar-refractivity contribution in [1.29, 1.82) is 0 Å². The third-order valence-electron chi connectivity index (χ3n) is 3.32. The standard InChI is InChI=1S/C17H18ClNO2/c1-21-17-8-7-14(18)10-13(17)11-16(20)15(19)9-12-5-3-2-4-6-12/h2-8,10,15H,9,11,19H2,1H3. The summed E-state index contributed by atoms with van der Waals surface area (Å²) in [5.41, 5.74) is 7.82. The zero-order valence-corrected chi connectivity index (χ0v) is 12.6. The number of Topliss-reactive ketones (excluding diaryl/α,β-unsaturated/α-hetero) is 1. The molecule has 110 valence electrons. The second-order valence-corrected chi connectivity index (χ2v) is 5.33. The fourth-order valence-electron chi connectivity index (χ4n) is 2.19. The van der Waals surface area contributed by atoms with Gasteiger partial charge in [-0.3, -0.25) is 4.79 Å². The van der Waals surface area contributed by atoms with Crippen molar-refractivity contribution in [2.75, 3.05) is 7.11 Å². The second kappa shape index (κ2) is 7.25. The van der Waals surface area contributed by atoms with E-state index in [1.807, 2.05) is 30.3 Å². The molecule has 0 aliphatic heterocycles. The first kappa shape index (κ1) is 15.5. The van der Waals surface area contributed by atoms with Crippen molar-refractivity contribution < 1.29 is 9.53 Å². The Bertz CT molecular complexity index is 613. The Hall–Kier alpha value is -1.84. The average Bonchev–Trinajstić information content (AvgIpc) is 2.48. The van der Waals surface area contributed by atoms with E-state index in [1.54, 1.807) is 25.3 Å². The van der Waals surface area contributed by atoms with Crippen LogP contribution in [0.5, 0.6) is 5.75 Å². The van der Waals surface area contributed by atoms with E-state index < -0.39 is 6.04 Å². The average molecular weight is 304 g/mol. The Morgan fingerprint density at radius 2 is 1.95 bits per heavy atom. The van der Waals surface area contributed by atoms with Crippen LogP contribution in [0.15, 0.2) is 48.5 Å². The third-order valence-corrected chi connectivity index (χ3v) is 3.55. The number of benzene rings is 2. The van der Waals surface area contributed by atoms with Gasteiger partial charge in [0, 0.05) is 17.0 Å². The molecule has 0 radical (unpaired) electrons. The number of rotatable bonds is 6. The molecular formula is C17H18ClNO2. The molecule has 2 N–H and O–H groups in total. The fourth-order valence-corrected chi connectivity index (χ4v) is 2.38. The molecule has 2 aromatic carbocycles. The van der Waals surface area contributed by atoms with Crippen molar-refractivity contribution in [2.45, 2.75) is 18.9 Å². The molecule has 0 fully saturated rings. The predicted octanol–water partition coefficient (Wildman–Crippen LogP) is 3.03. The number of nitrogens with two attached hydrogens (primary N) is 1. The van der Waals surface area contributed by atoms with E-state index in [0.717, 1.165) is 11.1 Å². The number of ketones is 1. The van der Waals surface area contributed by atoms with Crippen LogP contribution in [0.4, 0.5) is 0 Å². The summed E-state index contributed by atoms with van der Waals surface area (Å²) in [4.78, 5) is 12.3. The van der Waals surface area contributed by atoms with Crippen LogP contribution in [-0.2, 0) is 17.6 Å². The number of ether oxygens (including phenoxy) is 1. The predicted molar refractivity (Wildman–Crippen MR) is 84.8 cm³/mol. The molecule has 1 atom stereocenters. The van der Waals surface area contributed by atoms with Crippen LogP contribution in [0.25, 0.3) is 0 Å². The van der Waals surface area contributed by atoms with Gasteiger partial charge in [-0.05, 0) is 30.2 Å². The number of carbonyl (C=O) groups is 1. The lowest BCUT2D eigenvalue weighted by Gasteiger charge is -2.13. The van der Waals surface area contributed by atoms with E-state index in [2.05, 4.69) is 0 Å². The van der Waals surface area contributed by atoms with Crippen LogP contribution in [0.3, 0.4) is 0 Å². The third kappa shape index (κ3) is 4.31. The van der Waals surface area contributed by atoms with Gasteiger partial charge in [-0.1, -0.05) is 41.9 Å². The van der Waals surface area contributed by atoms with E-state index in [-0.39, 0.29) is 12.2 Å². The van der Waals surface area contributed by atoms with Gasteiger partial charge in [-0.15, -0.1) is 0 Å². The number of methoxy groups -OCH3 is 1. The lowest BCUT2D eigenvalue weighted by Crippen LogP contribution is -2.34. The topological polar surface area (TPSA) is 52.3 Å². The molecule has 0 amide bonds. The molecule has 2 rings (SSSR count). The molecule has 21 heavy (non-hydrogen) atoms. The van der Waals surface area contributed by atoms with Crippen molar-refractivity contribution in [1.82, 2.24) is 0 Å². The van der Waals surface area contributed by atoms with Gasteiger partial charge >= 0.3 is 0 Å². The zero-order chi connectivity index (χ0) is 15.2. The van der Waals surface area contributed by atoms with Crippen LogP contribution in [0, 0.1) is 0 Å². The summed E-state index contributed by atoms with van der Waals surface area (Å²) < 4.78 is 5.25. The van der Waals surface area contributed by atoms with E-state index in [1.165, 1.54) is 0 Å². The van der Waals surface area contributed by atoms with Crippen LogP contribution < -0.4 is 10.5 Å². The summed E-state index contributed by atoms with van der Waals surface area (Å²) in [6, 6.07) is 14.4. The number of carbonyl (C=O) groups excluding carboxylic acids is 1. The Labute approximate surface area is 129 Å². The summed E-state index contributed by atoms with van der Waals surface area (Å²) in [5.74, 6) is 0.624. The SMILES string of the molecule is COc1ccc(Cl)cc1CC(=O)C(N)Cc1ccccc1. The normalized spacial score (nSPS) is 12.0. The van der Waals surface area contributed by atoms with Gasteiger partial charge in [0.05, 0.1) is 13.2 Å². The molecule has 0 saturated carbocycles. The van der Waals surface area contributed by atoms with Gasteiger partial charge in [-0.25, -0.2) is 0 Å². The molecular weight excluding hydrogens is 286 g/mol. The van der Waals surface area contributed by atoms with Gasteiger partial charge in [0.1, 0.15) is 5.75 Å². The molecule has 0 heterocycles. The number of hydrogen-bond donors (Lipinski definition) is 1. The summed E-state index contributed by atoms with van der Waals surface area (Å²) in [5, 5.41) is 0.579. The highest BCUT2D eigenvalue weighted by molar-refractivity contribution is 6.30. The van der Waals surface area contributed by atoms with Crippen molar-refractivity contribution in [3.05, 3.63) is 64.7 Å². The minimum Gasteiger partial charge on any atom is -0.496 e. The van der Waals surface area contributed by atoms with E-state index in [4.69, 9.17) is 22.1 Å². The van der Waals surface area contributed by atoms with Crippen LogP contribution in [-0.4, -0.2) is 18.9 Å². The van der Waals surface area contributed by atoms with Gasteiger partial charge in [-0.2, -0.15) is 0 Å². The second-order valence-electron chi connectivity index (χ2n) is 4.90. The molecule has 4 heteroatoms. The maximum absolute atomic E-state index is 12.3. The van der Waals surface area contributed by atoms with Gasteiger partial charge < -0.3 is 10.5 Å². The number of hydrogen-bond acceptors (Lipinski definition) is 3. The molecule has 0 aromatic heterocycles. The van der Waals surface area contributed by atoms with Crippen molar-refractivity contribution in [3.8, 4) is 5.75 Å². The highest BCUT2D eigenvalue weighted by atomic mass is 35.5. The molecule has 1 unspecified atom stereocenters. The first-order valence-electron chi connectivity index (χ1n) is 6.75. The fraction of sp³-hybridized carbons (Fsp3) is 0.235. The van der Waals surface area contributed by atoms with Crippen LogP contribution in [0.2, 0.25) is 5.02 Å².